The second-order valence-electron chi connectivity index (χ2n) is 10.2. The Labute approximate surface area is 247 Å². The van der Waals surface area contributed by atoms with E-state index in [1.807, 2.05) is 6.07 Å². The van der Waals surface area contributed by atoms with E-state index in [2.05, 4.69) is 4.90 Å². The number of halogens is 3. The van der Waals surface area contributed by atoms with Gasteiger partial charge in [-0.25, -0.2) is 9.59 Å². The van der Waals surface area contributed by atoms with Crippen molar-refractivity contribution in [2.24, 2.45) is 5.73 Å². The molecule has 0 aliphatic carbocycles. The Morgan fingerprint density at radius 1 is 1.12 bits per heavy atom. The number of morpholine rings is 1. The summed E-state index contributed by atoms with van der Waals surface area (Å²) in [5, 5.41) is 9.31. The van der Waals surface area contributed by atoms with E-state index in [0.717, 1.165) is 12.1 Å². The van der Waals surface area contributed by atoms with Crippen molar-refractivity contribution in [3.63, 3.8) is 0 Å². The highest BCUT2D eigenvalue weighted by Gasteiger charge is 2.42. The van der Waals surface area contributed by atoms with Crippen molar-refractivity contribution in [2.45, 2.75) is 39.0 Å². The third kappa shape index (κ3) is 7.01. The average Bonchev–Trinajstić information content (AvgIpc) is 2.97. The number of benzene rings is 2. The Balaban J connectivity index is 1.87. The lowest BCUT2D eigenvalue weighted by Crippen LogP contribution is -2.42. The van der Waals surface area contributed by atoms with Gasteiger partial charge in [-0.3, -0.25) is 4.90 Å². The first-order chi connectivity index (χ1) is 20.5. The molecular formula is C31H33F3N4O5. The van der Waals surface area contributed by atoms with Gasteiger partial charge in [0.2, 0.25) is 0 Å². The molecule has 2 N–H and O–H groups in total. The summed E-state index contributed by atoms with van der Waals surface area (Å²) in [5.41, 5.74) is 6.49. The molecule has 2 heterocycles. The van der Waals surface area contributed by atoms with Crippen molar-refractivity contribution in [2.75, 3.05) is 44.4 Å². The maximum Gasteiger partial charge on any atom is 0.416 e. The van der Waals surface area contributed by atoms with Gasteiger partial charge in [0.1, 0.15) is 11.9 Å². The van der Waals surface area contributed by atoms with Gasteiger partial charge >= 0.3 is 18.1 Å². The molecule has 2 aromatic rings. The van der Waals surface area contributed by atoms with Crippen LogP contribution in [0.5, 0.6) is 0 Å². The molecule has 12 heteroatoms. The standard InChI is InChI=1S/C31H33F3N4O5/c1-4-42-29(39)27-26(22-10-8-21(17-35)9-11-22)25(30(40)43-19(2)18-37-12-14-41-15-13-37)20(3)38(28(27)36)24-7-5-6-23(16-24)31(32,33)34/h5-11,16,19,26H,4,12-15,18,36H2,1-3H3. The van der Waals surface area contributed by atoms with Crippen LogP contribution in [0.1, 0.15) is 43.4 Å². The van der Waals surface area contributed by atoms with Crippen molar-refractivity contribution >= 4 is 17.6 Å². The fraction of sp³-hybridized carbons (Fsp3) is 0.387. The number of nitrogens with zero attached hydrogens (tertiary/aromatic N) is 3. The molecule has 2 unspecified atom stereocenters. The Bertz CT molecular complexity index is 1460. The van der Waals surface area contributed by atoms with Crippen LogP contribution in [-0.4, -0.2) is 62.4 Å². The zero-order valence-corrected chi connectivity index (χ0v) is 24.1. The van der Waals surface area contributed by atoms with Crippen LogP contribution in [0, 0.1) is 11.3 Å². The predicted octanol–water partition coefficient (Wildman–Crippen LogP) is 4.45. The molecule has 43 heavy (non-hydrogen) atoms. The average molecular weight is 599 g/mol. The molecule has 9 nitrogen and oxygen atoms in total. The molecule has 0 bridgehead atoms. The lowest BCUT2D eigenvalue weighted by Gasteiger charge is -2.38. The summed E-state index contributed by atoms with van der Waals surface area (Å²) < 4.78 is 57.6. The number of carbonyl (C=O) groups excluding carboxylic acids is 2. The Kier molecular flexibility index (Phi) is 9.78. The first kappa shape index (κ1) is 31.6. The lowest BCUT2D eigenvalue weighted by molar-refractivity contribution is -0.145. The molecule has 0 radical (unpaired) electrons. The van der Waals surface area contributed by atoms with Crippen LogP contribution < -0.4 is 10.6 Å². The summed E-state index contributed by atoms with van der Waals surface area (Å²) in [6.07, 6.45) is -5.21. The molecule has 228 valence electrons. The summed E-state index contributed by atoms with van der Waals surface area (Å²) in [6, 6.07) is 12.7. The normalized spacial score (nSPS) is 18.7. The topological polar surface area (TPSA) is 118 Å². The zero-order chi connectivity index (χ0) is 31.3. The number of nitrogens with two attached hydrogens (primary N) is 1. The number of rotatable bonds is 8. The first-order valence-electron chi connectivity index (χ1n) is 13.8. The number of hydrogen-bond acceptors (Lipinski definition) is 9. The highest BCUT2D eigenvalue weighted by Crippen LogP contribution is 2.44. The minimum Gasteiger partial charge on any atom is -0.463 e. The molecule has 1 fully saturated rings. The Hall–Kier alpha value is -4.34. The maximum atomic E-state index is 14.0. The third-order valence-corrected chi connectivity index (χ3v) is 7.27. The maximum absolute atomic E-state index is 14.0. The van der Waals surface area contributed by atoms with Crippen LogP contribution in [0.15, 0.2) is 71.2 Å². The monoisotopic (exact) mass is 598 g/mol. The second-order valence-corrected chi connectivity index (χ2v) is 10.2. The van der Waals surface area contributed by atoms with Gasteiger partial charge in [-0.2, -0.15) is 18.4 Å². The smallest absolute Gasteiger partial charge is 0.416 e. The van der Waals surface area contributed by atoms with Gasteiger partial charge in [-0.1, -0.05) is 18.2 Å². The van der Waals surface area contributed by atoms with Crippen LogP contribution in [0.4, 0.5) is 18.9 Å². The van der Waals surface area contributed by atoms with Crippen molar-refractivity contribution in [1.82, 2.24) is 4.90 Å². The summed E-state index contributed by atoms with van der Waals surface area (Å²) in [4.78, 5) is 30.8. The zero-order valence-electron chi connectivity index (χ0n) is 24.1. The van der Waals surface area contributed by atoms with E-state index < -0.39 is 35.7 Å². The van der Waals surface area contributed by atoms with Gasteiger partial charge in [-0.15, -0.1) is 0 Å². The molecule has 2 atom stereocenters. The summed E-state index contributed by atoms with van der Waals surface area (Å²) in [7, 11) is 0. The van der Waals surface area contributed by atoms with Gasteiger partial charge in [0.25, 0.3) is 0 Å². The first-order valence-corrected chi connectivity index (χ1v) is 13.8. The Morgan fingerprint density at radius 3 is 2.40 bits per heavy atom. The molecule has 0 spiro atoms. The number of carbonyl (C=O) groups is 2. The number of ether oxygens (including phenoxy) is 3. The number of allylic oxidation sites excluding steroid dienone is 1. The molecular weight excluding hydrogens is 565 g/mol. The summed E-state index contributed by atoms with van der Waals surface area (Å²) >= 11 is 0. The quantitative estimate of drug-likeness (QED) is 0.440. The predicted molar refractivity (Wildman–Crippen MR) is 151 cm³/mol. The second kappa shape index (κ2) is 13.3. The highest BCUT2D eigenvalue weighted by molar-refractivity contribution is 6.01. The number of alkyl halides is 3. The van der Waals surface area contributed by atoms with E-state index >= 15 is 0 Å². The van der Waals surface area contributed by atoms with Gasteiger partial charge in [-0.05, 0) is 56.7 Å². The summed E-state index contributed by atoms with van der Waals surface area (Å²) in [5.74, 6) is -2.89. The van der Waals surface area contributed by atoms with Crippen LogP contribution >= 0.6 is 0 Å². The Morgan fingerprint density at radius 2 is 1.79 bits per heavy atom. The fourth-order valence-electron chi connectivity index (χ4n) is 5.29. The molecule has 2 aromatic carbocycles. The lowest BCUT2D eigenvalue weighted by atomic mass is 9.80. The van der Waals surface area contributed by atoms with Crippen molar-refractivity contribution < 1.29 is 37.0 Å². The number of esters is 2. The van der Waals surface area contributed by atoms with Crippen molar-refractivity contribution in [1.29, 1.82) is 5.26 Å². The van der Waals surface area contributed by atoms with Crippen LogP contribution in [-0.2, 0) is 30.0 Å². The van der Waals surface area contributed by atoms with E-state index in [1.54, 1.807) is 26.0 Å². The summed E-state index contributed by atoms with van der Waals surface area (Å²) in [6.45, 7) is 7.76. The van der Waals surface area contributed by atoms with Gasteiger partial charge in [0.05, 0.1) is 54.1 Å². The van der Waals surface area contributed by atoms with E-state index in [9.17, 15) is 28.0 Å². The van der Waals surface area contributed by atoms with Crippen LogP contribution in [0.25, 0.3) is 0 Å². The van der Waals surface area contributed by atoms with Crippen molar-refractivity contribution in [3.8, 4) is 6.07 Å². The largest absolute Gasteiger partial charge is 0.463 e. The molecule has 1 saturated heterocycles. The van der Waals surface area contributed by atoms with E-state index in [4.69, 9.17) is 19.9 Å². The van der Waals surface area contributed by atoms with Gasteiger partial charge in [0, 0.05) is 31.0 Å². The molecule has 2 aliphatic rings. The van der Waals surface area contributed by atoms with Gasteiger partial charge < -0.3 is 24.8 Å². The molecule has 0 aromatic heterocycles. The van der Waals surface area contributed by atoms with E-state index in [0.29, 0.717) is 44.0 Å². The third-order valence-electron chi connectivity index (χ3n) is 7.27. The highest BCUT2D eigenvalue weighted by atomic mass is 19.4. The van der Waals surface area contributed by atoms with E-state index in [1.165, 1.54) is 36.1 Å². The van der Waals surface area contributed by atoms with E-state index in [-0.39, 0.29) is 35.0 Å². The SMILES string of the molecule is CCOC(=O)C1=C(N)N(c2cccc(C(F)(F)F)c2)C(C)=C(C(=O)OC(C)CN2CCOCC2)C1c1ccc(C#N)cc1. The fourth-order valence-corrected chi connectivity index (χ4v) is 5.29. The molecule has 4 rings (SSSR count). The minimum atomic E-state index is -4.65. The number of nitriles is 1. The van der Waals surface area contributed by atoms with Crippen LogP contribution in [0.2, 0.25) is 0 Å². The molecule has 0 amide bonds. The van der Waals surface area contributed by atoms with Gasteiger partial charge in [0.15, 0.2) is 0 Å². The molecule has 2 aliphatic heterocycles. The van der Waals surface area contributed by atoms with Crippen LogP contribution in [0.3, 0.4) is 0 Å². The molecule has 0 saturated carbocycles. The number of anilines is 1. The van der Waals surface area contributed by atoms with Crippen molar-refractivity contribution in [3.05, 3.63) is 87.9 Å². The minimum absolute atomic E-state index is 0.00318. The number of hydrogen-bond donors (Lipinski definition) is 1.